The molecule has 0 fully saturated rings. The zero-order chi connectivity index (χ0) is 24.0. The van der Waals surface area contributed by atoms with Crippen molar-refractivity contribution < 1.29 is 9.59 Å². The van der Waals surface area contributed by atoms with Crippen molar-refractivity contribution in [2.45, 2.75) is 52.9 Å². The molecule has 0 unspecified atom stereocenters. The number of hydrogen-bond donors (Lipinski definition) is 1. The molecule has 174 valence electrons. The van der Waals surface area contributed by atoms with E-state index in [0.29, 0.717) is 12.4 Å². The molecular weight excluding hydrogens is 412 g/mol. The minimum absolute atomic E-state index is 0.00328. The number of benzene rings is 2. The van der Waals surface area contributed by atoms with Crippen LogP contribution in [0.2, 0.25) is 0 Å². The number of anilines is 1. The molecule has 6 nitrogen and oxygen atoms in total. The minimum atomic E-state index is -0.236. The number of aryl methyl sites for hydroxylation is 1. The Morgan fingerprint density at radius 1 is 1.03 bits per heavy atom. The maximum absolute atomic E-state index is 13.0. The second-order valence-corrected chi connectivity index (χ2v) is 9.39. The Balaban J connectivity index is 1.81. The van der Waals surface area contributed by atoms with E-state index in [1.807, 2.05) is 74.5 Å². The van der Waals surface area contributed by atoms with Crippen LogP contribution in [0.5, 0.6) is 0 Å². The largest absolute Gasteiger partial charge is 0.333 e. The first-order chi connectivity index (χ1) is 15.7. The van der Waals surface area contributed by atoms with Gasteiger partial charge in [0.2, 0.25) is 11.8 Å². The van der Waals surface area contributed by atoms with E-state index in [4.69, 9.17) is 5.10 Å². The Kier molecular flexibility index (Phi) is 7.69. The first-order valence-corrected chi connectivity index (χ1v) is 11.5. The van der Waals surface area contributed by atoms with Gasteiger partial charge in [-0.2, -0.15) is 5.10 Å². The van der Waals surface area contributed by atoms with Crippen LogP contribution in [-0.4, -0.2) is 39.6 Å². The fraction of sp³-hybridized carbons (Fsp3) is 0.370. The van der Waals surface area contributed by atoms with E-state index >= 15 is 0 Å². The predicted molar refractivity (Wildman–Crippen MR) is 133 cm³/mol. The highest BCUT2D eigenvalue weighted by molar-refractivity contribution is 5.94. The van der Waals surface area contributed by atoms with Gasteiger partial charge in [0, 0.05) is 18.0 Å². The summed E-state index contributed by atoms with van der Waals surface area (Å²) in [5.74, 6) is 0.312. The lowest BCUT2D eigenvalue weighted by molar-refractivity contribution is -0.134. The molecule has 0 aliphatic carbocycles. The number of hydrogen-bond acceptors (Lipinski definition) is 3. The summed E-state index contributed by atoms with van der Waals surface area (Å²) >= 11 is 0. The Morgan fingerprint density at radius 3 is 2.33 bits per heavy atom. The molecule has 0 saturated carbocycles. The van der Waals surface area contributed by atoms with Crippen LogP contribution in [0.25, 0.3) is 5.69 Å². The lowest BCUT2D eigenvalue weighted by atomic mass is 9.92. The lowest BCUT2D eigenvalue weighted by Crippen LogP contribution is -2.39. The van der Waals surface area contributed by atoms with Gasteiger partial charge in [0.15, 0.2) is 0 Å². The number of aromatic nitrogens is 2. The fourth-order valence-electron chi connectivity index (χ4n) is 3.62. The van der Waals surface area contributed by atoms with Gasteiger partial charge in [0.1, 0.15) is 5.82 Å². The maximum atomic E-state index is 13.0. The van der Waals surface area contributed by atoms with Crippen molar-refractivity contribution in [1.82, 2.24) is 14.7 Å². The van der Waals surface area contributed by atoms with E-state index in [-0.39, 0.29) is 30.2 Å². The van der Waals surface area contributed by atoms with Crippen molar-refractivity contribution in [2.24, 2.45) is 0 Å². The molecule has 2 aromatic carbocycles. The molecule has 3 rings (SSSR count). The Hall–Kier alpha value is -3.41. The zero-order valence-electron chi connectivity index (χ0n) is 20.3. The number of carbonyl (C=O) groups is 2. The maximum Gasteiger partial charge on any atom is 0.245 e. The summed E-state index contributed by atoms with van der Waals surface area (Å²) < 4.78 is 1.78. The van der Waals surface area contributed by atoms with Gasteiger partial charge in [-0.15, -0.1) is 0 Å². The van der Waals surface area contributed by atoms with Crippen molar-refractivity contribution in [1.29, 1.82) is 0 Å². The second kappa shape index (κ2) is 10.5. The molecule has 0 bridgehead atoms. The Morgan fingerprint density at radius 2 is 1.70 bits per heavy atom. The molecule has 1 aromatic heterocycles. The normalized spacial score (nSPS) is 11.3. The summed E-state index contributed by atoms with van der Waals surface area (Å²) in [7, 11) is 0. The molecule has 0 atom stereocenters. The molecule has 6 heteroatoms. The van der Waals surface area contributed by atoms with Gasteiger partial charge in [-0.05, 0) is 30.5 Å². The molecule has 1 heterocycles. The van der Waals surface area contributed by atoms with Crippen LogP contribution in [0.15, 0.2) is 60.7 Å². The Labute approximate surface area is 196 Å². The molecular formula is C27H34N4O2. The van der Waals surface area contributed by atoms with Crippen LogP contribution in [0.3, 0.4) is 0 Å². The summed E-state index contributed by atoms with van der Waals surface area (Å²) in [5, 5.41) is 7.80. The zero-order valence-corrected chi connectivity index (χ0v) is 20.3. The van der Waals surface area contributed by atoms with Gasteiger partial charge in [-0.3, -0.25) is 9.59 Å². The Bertz CT molecular complexity index is 1100. The monoisotopic (exact) mass is 446 g/mol. The average Bonchev–Trinajstić information content (AvgIpc) is 3.18. The van der Waals surface area contributed by atoms with Crippen LogP contribution in [0.4, 0.5) is 5.82 Å². The fourth-order valence-corrected chi connectivity index (χ4v) is 3.62. The number of para-hydroxylation sites is 1. The highest BCUT2D eigenvalue weighted by Crippen LogP contribution is 2.27. The van der Waals surface area contributed by atoms with Gasteiger partial charge < -0.3 is 10.2 Å². The molecule has 0 aliphatic heterocycles. The third-order valence-corrected chi connectivity index (χ3v) is 5.47. The minimum Gasteiger partial charge on any atom is -0.333 e. The third-order valence-electron chi connectivity index (χ3n) is 5.47. The first kappa shape index (κ1) is 24.2. The van der Waals surface area contributed by atoms with E-state index in [9.17, 15) is 9.59 Å². The van der Waals surface area contributed by atoms with Crippen molar-refractivity contribution in [3.63, 3.8) is 0 Å². The summed E-state index contributed by atoms with van der Waals surface area (Å²) in [6.45, 7) is 10.8. The van der Waals surface area contributed by atoms with Crippen LogP contribution in [0, 0.1) is 6.92 Å². The van der Waals surface area contributed by atoms with Gasteiger partial charge in [-0.1, -0.05) is 76.2 Å². The van der Waals surface area contributed by atoms with E-state index in [2.05, 4.69) is 26.1 Å². The van der Waals surface area contributed by atoms with Gasteiger partial charge in [0.25, 0.3) is 0 Å². The molecule has 1 N–H and O–H groups in total. The molecule has 2 amide bonds. The molecule has 3 aromatic rings. The number of rotatable bonds is 8. The number of carbonyl (C=O) groups excluding carboxylic acids is 2. The molecule has 0 saturated heterocycles. The second-order valence-electron chi connectivity index (χ2n) is 9.39. The van der Waals surface area contributed by atoms with E-state index in [1.54, 1.807) is 9.58 Å². The lowest BCUT2D eigenvalue weighted by Gasteiger charge is -2.22. The number of amides is 2. The molecule has 0 spiro atoms. The summed E-state index contributed by atoms with van der Waals surface area (Å²) in [4.78, 5) is 27.5. The smallest absolute Gasteiger partial charge is 0.245 e. The van der Waals surface area contributed by atoms with Crippen molar-refractivity contribution >= 4 is 17.6 Å². The average molecular weight is 447 g/mol. The van der Waals surface area contributed by atoms with Gasteiger partial charge >= 0.3 is 0 Å². The summed E-state index contributed by atoms with van der Waals surface area (Å²) in [6, 6.07) is 19.5. The summed E-state index contributed by atoms with van der Waals surface area (Å²) in [5.41, 5.74) is 3.62. The van der Waals surface area contributed by atoms with Gasteiger partial charge in [0.05, 0.1) is 24.3 Å². The quantitative estimate of drug-likeness (QED) is 0.535. The van der Waals surface area contributed by atoms with Crippen LogP contribution in [-0.2, 0) is 21.4 Å². The van der Waals surface area contributed by atoms with E-state index < -0.39 is 0 Å². The van der Waals surface area contributed by atoms with Gasteiger partial charge in [-0.25, -0.2) is 4.68 Å². The van der Waals surface area contributed by atoms with Crippen molar-refractivity contribution in [2.75, 3.05) is 18.4 Å². The van der Waals surface area contributed by atoms with Crippen LogP contribution >= 0.6 is 0 Å². The topological polar surface area (TPSA) is 67.2 Å². The summed E-state index contributed by atoms with van der Waals surface area (Å²) in [6.07, 6.45) is 1.06. The van der Waals surface area contributed by atoms with Crippen molar-refractivity contribution in [3.8, 4) is 5.69 Å². The number of nitrogens with zero attached hydrogens (tertiary/aromatic N) is 3. The van der Waals surface area contributed by atoms with Crippen molar-refractivity contribution in [3.05, 3.63) is 77.5 Å². The highest BCUT2D eigenvalue weighted by atomic mass is 16.2. The van der Waals surface area contributed by atoms with E-state index in [0.717, 1.165) is 28.9 Å². The SMILES string of the molecule is CCCN(CC(=O)Nc1cc(C(C)(C)C)nn1-c1ccccc1C)C(=O)Cc1ccccc1. The van der Waals surface area contributed by atoms with E-state index in [1.165, 1.54) is 0 Å². The predicted octanol–water partition coefficient (Wildman–Crippen LogP) is 4.90. The van der Waals surface area contributed by atoms with Crippen LogP contribution in [0.1, 0.15) is 50.9 Å². The molecule has 0 radical (unpaired) electrons. The first-order valence-electron chi connectivity index (χ1n) is 11.5. The molecule has 33 heavy (non-hydrogen) atoms. The highest BCUT2D eigenvalue weighted by Gasteiger charge is 2.23. The standard InChI is InChI=1S/C27H34N4O2/c1-6-16-30(26(33)17-21-13-8-7-9-14-21)19-25(32)28-24-18-23(27(3,4)5)29-31(24)22-15-11-10-12-20(22)2/h7-15,18H,6,16-17,19H2,1-5H3,(H,28,32). The number of nitrogens with one attached hydrogen (secondary N) is 1. The van der Waals surface area contributed by atoms with Crippen LogP contribution < -0.4 is 5.32 Å². The third kappa shape index (κ3) is 6.31. The molecule has 0 aliphatic rings.